The van der Waals surface area contributed by atoms with Gasteiger partial charge in [-0.1, -0.05) is 13.8 Å². The lowest BCUT2D eigenvalue weighted by atomic mass is 9.81. The average molecular weight is 146 g/mol. The second-order valence-electron chi connectivity index (χ2n) is 3.44. The summed E-state index contributed by atoms with van der Waals surface area (Å²) in [5.74, 6) is 0. The largest absolute Gasteiger partial charge is 0.387 e. The lowest BCUT2D eigenvalue weighted by molar-refractivity contribution is -0.225. The van der Waals surface area contributed by atoms with Gasteiger partial charge in [0, 0.05) is 0 Å². The van der Waals surface area contributed by atoms with E-state index in [2.05, 4.69) is 0 Å². The van der Waals surface area contributed by atoms with Gasteiger partial charge in [0.15, 0.2) is 6.29 Å². The second kappa shape index (κ2) is 2.49. The van der Waals surface area contributed by atoms with Gasteiger partial charge in [-0.15, -0.1) is 0 Å². The van der Waals surface area contributed by atoms with Crippen LogP contribution in [0, 0.1) is 5.41 Å². The van der Waals surface area contributed by atoms with Crippen LogP contribution >= 0.6 is 0 Å². The maximum Gasteiger partial charge on any atom is 0.181 e. The number of ether oxygens (including phenoxy) is 1. The van der Waals surface area contributed by atoms with E-state index in [1.165, 1.54) is 0 Å². The molecule has 3 nitrogen and oxygen atoms in total. The van der Waals surface area contributed by atoms with Gasteiger partial charge in [0.05, 0.1) is 6.61 Å². The molecule has 10 heavy (non-hydrogen) atoms. The van der Waals surface area contributed by atoms with Crippen molar-refractivity contribution in [2.75, 3.05) is 6.61 Å². The Morgan fingerprint density at radius 2 is 2.00 bits per heavy atom. The summed E-state index contributed by atoms with van der Waals surface area (Å²) in [7, 11) is 0. The van der Waals surface area contributed by atoms with Crippen LogP contribution in [-0.4, -0.2) is 29.2 Å². The minimum absolute atomic E-state index is 0.211. The molecule has 3 heteroatoms. The maximum absolute atomic E-state index is 9.33. The van der Waals surface area contributed by atoms with Gasteiger partial charge in [-0.3, -0.25) is 0 Å². The quantitative estimate of drug-likeness (QED) is 0.510. The molecule has 1 rings (SSSR count). The molecule has 2 N–H and O–H groups in total. The molecule has 0 aromatic heterocycles. The zero-order valence-electron chi connectivity index (χ0n) is 6.37. The number of aliphatic hydroxyl groups is 2. The van der Waals surface area contributed by atoms with Crippen LogP contribution in [0.25, 0.3) is 0 Å². The molecule has 60 valence electrons. The van der Waals surface area contributed by atoms with E-state index in [0.717, 1.165) is 6.42 Å². The van der Waals surface area contributed by atoms with E-state index in [9.17, 15) is 5.11 Å². The standard InChI is InChI=1S/C7H14O3/c1-7(2)3-4-10-6(9)5(7)8/h5-6,8-9H,3-4H2,1-2H3/t5-,6-/m1/s1. The predicted octanol–water partition coefficient (Wildman–Crippen LogP) is 0.112. The van der Waals surface area contributed by atoms with Crippen molar-refractivity contribution < 1.29 is 14.9 Å². The number of hydrogen-bond donors (Lipinski definition) is 2. The third-order valence-corrected chi connectivity index (χ3v) is 2.11. The fourth-order valence-corrected chi connectivity index (χ4v) is 1.07. The molecule has 0 spiro atoms. The summed E-state index contributed by atoms with van der Waals surface area (Å²) in [6.07, 6.45) is -0.949. The highest BCUT2D eigenvalue weighted by molar-refractivity contribution is 4.82. The van der Waals surface area contributed by atoms with Crippen LogP contribution in [0.2, 0.25) is 0 Å². The van der Waals surface area contributed by atoms with Crippen molar-refractivity contribution in [1.29, 1.82) is 0 Å². The van der Waals surface area contributed by atoms with Crippen LogP contribution in [0.4, 0.5) is 0 Å². The molecule has 1 heterocycles. The van der Waals surface area contributed by atoms with Crippen molar-refractivity contribution in [3.8, 4) is 0 Å². The molecule has 1 fully saturated rings. The normalized spacial score (nSPS) is 39.6. The predicted molar refractivity (Wildman–Crippen MR) is 36.4 cm³/mol. The summed E-state index contributed by atoms with van der Waals surface area (Å²) in [6, 6.07) is 0. The van der Waals surface area contributed by atoms with Crippen LogP contribution in [0.15, 0.2) is 0 Å². The Bertz CT molecular complexity index is 122. The van der Waals surface area contributed by atoms with Crippen LogP contribution < -0.4 is 0 Å². The zero-order chi connectivity index (χ0) is 7.78. The van der Waals surface area contributed by atoms with E-state index in [1.54, 1.807) is 0 Å². The SMILES string of the molecule is CC1(C)CCO[C@@H](O)[C@H]1O. The first-order valence-electron chi connectivity index (χ1n) is 3.52. The highest BCUT2D eigenvalue weighted by Crippen LogP contribution is 2.31. The Labute approximate surface area is 60.6 Å². The van der Waals surface area contributed by atoms with Crippen molar-refractivity contribution in [3.63, 3.8) is 0 Å². The highest BCUT2D eigenvalue weighted by atomic mass is 16.6. The Morgan fingerprint density at radius 1 is 1.40 bits per heavy atom. The summed E-state index contributed by atoms with van der Waals surface area (Å²) in [5.41, 5.74) is -0.211. The Balaban J connectivity index is 2.60. The lowest BCUT2D eigenvalue weighted by Gasteiger charge is -2.37. The summed E-state index contributed by atoms with van der Waals surface area (Å²) in [6.45, 7) is 4.37. The molecule has 0 aromatic carbocycles. The van der Waals surface area contributed by atoms with Gasteiger partial charge in [-0.05, 0) is 11.8 Å². The first kappa shape index (κ1) is 7.98. The fraction of sp³-hybridized carbons (Fsp3) is 1.00. The summed E-state index contributed by atoms with van der Waals surface area (Å²) in [5, 5.41) is 18.4. The maximum atomic E-state index is 9.33. The number of rotatable bonds is 0. The molecule has 0 saturated carbocycles. The summed E-state index contributed by atoms with van der Waals surface area (Å²) >= 11 is 0. The molecule has 0 radical (unpaired) electrons. The van der Waals surface area contributed by atoms with Crippen molar-refractivity contribution in [2.45, 2.75) is 32.7 Å². The molecule has 0 aliphatic carbocycles. The molecule has 1 saturated heterocycles. The molecular weight excluding hydrogens is 132 g/mol. The van der Waals surface area contributed by atoms with Gasteiger partial charge < -0.3 is 14.9 Å². The van der Waals surface area contributed by atoms with Crippen molar-refractivity contribution in [3.05, 3.63) is 0 Å². The molecule has 0 amide bonds. The van der Waals surface area contributed by atoms with Crippen LogP contribution in [-0.2, 0) is 4.74 Å². The van der Waals surface area contributed by atoms with E-state index in [1.807, 2.05) is 13.8 Å². The van der Waals surface area contributed by atoms with E-state index in [4.69, 9.17) is 9.84 Å². The molecule has 0 bridgehead atoms. The number of aliphatic hydroxyl groups excluding tert-OH is 2. The third-order valence-electron chi connectivity index (χ3n) is 2.11. The van der Waals surface area contributed by atoms with E-state index in [-0.39, 0.29) is 5.41 Å². The van der Waals surface area contributed by atoms with Gasteiger partial charge in [0.2, 0.25) is 0 Å². The smallest absolute Gasteiger partial charge is 0.181 e. The molecule has 1 aliphatic heterocycles. The topological polar surface area (TPSA) is 49.7 Å². The molecule has 2 atom stereocenters. The monoisotopic (exact) mass is 146 g/mol. The molecule has 0 unspecified atom stereocenters. The minimum atomic E-state index is -0.997. The Hall–Kier alpha value is -0.120. The van der Waals surface area contributed by atoms with E-state index in [0.29, 0.717) is 6.61 Å². The first-order chi connectivity index (χ1) is 4.54. The fourth-order valence-electron chi connectivity index (χ4n) is 1.07. The third kappa shape index (κ3) is 1.31. The van der Waals surface area contributed by atoms with Crippen LogP contribution in [0.3, 0.4) is 0 Å². The van der Waals surface area contributed by atoms with Gasteiger partial charge in [0.1, 0.15) is 6.10 Å². The summed E-state index contributed by atoms with van der Waals surface area (Å²) < 4.78 is 4.83. The van der Waals surface area contributed by atoms with Gasteiger partial charge in [-0.2, -0.15) is 0 Å². The molecule has 0 aromatic rings. The van der Waals surface area contributed by atoms with Crippen molar-refractivity contribution >= 4 is 0 Å². The van der Waals surface area contributed by atoms with Crippen LogP contribution in [0.5, 0.6) is 0 Å². The van der Waals surface area contributed by atoms with Gasteiger partial charge >= 0.3 is 0 Å². The lowest BCUT2D eigenvalue weighted by Crippen LogP contribution is -2.46. The first-order valence-corrected chi connectivity index (χ1v) is 3.52. The Morgan fingerprint density at radius 3 is 2.40 bits per heavy atom. The number of hydrogen-bond acceptors (Lipinski definition) is 3. The molecule has 1 aliphatic rings. The Kier molecular flexibility index (Phi) is 1.99. The van der Waals surface area contributed by atoms with E-state index >= 15 is 0 Å². The average Bonchev–Trinajstić information content (AvgIpc) is 1.83. The second-order valence-corrected chi connectivity index (χ2v) is 3.44. The minimum Gasteiger partial charge on any atom is -0.387 e. The van der Waals surface area contributed by atoms with Crippen LogP contribution in [0.1, 0.15) is 20.3 Å². The zero-order valence-corrected chi connectivity index (χ0v) is 6.37. The van der Waals surface area contributed by atoms with E-state index < -0.39 is 12.4 Å². The summed E-state index contributed by atoms with van der Waals surface area (Å²) in [4.78, 5) is 0. The van der Waals surface area contributed by atoms with Crippen molar-refractivity contribution in [1.82, 2.24) is 0 Å². The molecular formula is C7H14O3. The van der Waals surface area contributed by atoms with Gasteiger partial charge in [-0.25, -0.2) is 0 Å². The van der Waals surface area contributed by atoms with Crippen molar-refractivity contribution in [2.24, 2.45) is 5.41 Å². The van der Waals surface area contributed by atoms with Gasteiger partial charge in [0.25, 0.3) is 0 Å². The highest BCUT2D eigenvalue weighted by Gasteiger charge is 2.37.